The number of nitrogens with one attached hydrogen (secondary N) is 1. The molecule has 0 aliphatic carbocycles. The van der Waals surface area contributed by atoms with Crippen LogP contribution in [0.3, 0.4) is 0 Å². The lowest BCUT2D eigenvalue weighted by molar-refractivity contribution is -0.127. The van der Waals surface area contributed by atoms with Crippen molar-refractivity contribution in [2.24, 2.45) is 0 Å². The molecule has 2 aromatic carbocycles. The fourth-order valence-electron chi connectivity index (χ4n) is 3.84. The predicted octanol–water partition coefficient (Wildman–Crippen LogP) is 1.38. The Labute approximate surface area is 164 Å². The summed E-state index contributed by atoms with van der Waals surface area (Å²) in [5.41, 5.74) is 2.92. The van der Waals surface area contributed by atoms with Crippen molar-refractivity contribution in [3.63, 3.8) is 0 Å². The van der Waals surface area contributed by atoms with Crippen molar-refractivity contribution in [1.82, 2.24) is 9.62 Å². The van der Waals surface area contributed by atoms with Crippen LogP contribution >= 0.6 is 0 Å². The molecule has 28 heavy (non-hydrogen) atoms. The number of carbonyl (C=O) groups excluding carboxylic acids is 2. The lowest BCUT2D eigenvalue weighted by atomic mass is 9.99. The molecule has 0 saturated carbocycles. The molecule has 0 aromatic heterocycles. The molecule has 1 N–H and O–H groups in total. The Balaban J connectivity index is 1.78. The van der Waals surface area contributed by atoms with E-state index in [0.29, 0.717) is 11.1 Å². The zero-order chi connectivity index (χ0) is 20.1. The largest absolute Gasteiger partial charge is 0.353 e. The molecule has 1 saturated heterocycles. The molecule has 4 rings (SSSR count). The first-order valence-corrected chi connectivity index (χ1v) is 10.5. The molecular weight excluding hydrogens is 378 g/mol. The topological polar surface area (TPSA) is 86.8 Å². The lowest BCUT2D eigenvalue weighted by Gasteiger charge is -2.35. The fraction of sp³-hybridized carbons (Fsp3) is 0.300. The summed E-state index contributed by atoms with van der Waals surface area (Å²) < 4.78 is 28.1. The summed E-state index contributed by atoms with van der Waals surface area (Å²) >= 11 is 0. The van der Waals surface area contributed by atoms with Crippen molar-refractivity contribution in [2.45, 2.75) is 24.3 Å². The SMILES string of the molecule is Cc1ccccc1C1C(=O)NCCN1S(=O)(=O)c1ccc2c(c1)CC(=O)N2C. The van der Waals surface area contributed by atoms with E-state index in [1.54, 1.807) is 31.3 Å². The summed E-state index contributed by atoms with van der Waals surface area (Å²) in [6.07, 6.45) is 0.177. The second kappa shape index (κ2) is 6.72. The van der Waals surface area contributed by atoms with Gasteiger partial charge < -0.3 is 10.2 Å². The van der Waals surface area contributed by atoms with E-state index in [4.69, 9.17) is 0 Å². The number of aryl methyl sites for hydroxylation is 1. The molecule has 2 heterocycles. The van der Waals surface area contributed by atoms with Crippen LogP contribution in [0.5, 0.6) is 0 Å². The highest BCUT2D eigenvalue weighted by atomic mass is 32.2. The molecule has 0 bridgehead atoms. The number of anilines is 1. The first-order valence-electron chi connectivity index (χ1n) is 9.05. The van der Waals surface area contributed by atoms with Gasteiger partial charge in [0.25, 0.3) is 0 Å². The van der Waals surface area contributed by atoms with E-state index in [-0.39, 0.29) is 36.2 Å². The zero-order valence-corrected chi connectivity index (χ0v) is 16.5. The first kappa shape index (κ1) is 18.6. The molecule has 0 spiro atoms. The van der Waals surface area contributed by atoms with Crippen LogP contribution in [0.25, 0.3) is 0 Å². The minimum absolute atomic E-state index is 0.0697. The molecule has 2 aliphatic heterocycles. The van der Waals surface area contributed by atoms with Crippen molar-refractivity contribution < 1.29 is 18.0 Å². The summed E-state index contributed by atoms with van der Waals surface area (Å²) in [7, 11) is -2.25. The van der Waals surface area contributed by atoms with E-state index in [0.717, 1.165) is 11.3 Å². The zero-order valence-electron chi connectivity index (χ0n) is 15.7. The molecule has 1 atom stereocenters. The highest BCUT2D eigenvalue weighted by Crippen LogP contribution is 2.34. The molecule has 8 heteroatoms. The van der Waals surface area contributed by atoms with Crippen LogP contribution in [-0.2, 0) is 26.0 Å². The van der Waals surface area contributed by atoms with Crippen LogP contribution in [0.4, 0.5) is 5.69 Å². The van der Waals surface area contributed by atoms with Gasteiger partial charge in [-0.2, -0.15) is 4.31 Å². The van der Waals surface area contributed by atoms with Crippen molar-refractivity contribution >= 4 is 27.5 Å². The summed E-state index contributed by atoms with van der Waals surface area (Å²) in [6, 6.07) is 11.1. The standard InChI is InChI=1S/C20H21N3O4S/c1-13-5-3-4-6-16(13)19-20(25)21-9-10-23(19)28(26,27)15-7-8-17-14(11-15)12-18(24)22(17)2/h3-8,11,19H,9-10,12H2,1-2H3,(H,21,25). The highest BCUT2D eigenvalue weighted by molar-refractivity contribution is 7.89. The Bertz CT molecular complexity index is 1080. The lowest BCUT2D eigenvalue weighted by Crippen LogP contribution is -2.52. The quantitative estimate of drug-likeness (QED) is 0.845. The predicted molar refractivity (Wildman–Crippen MR) is 104 cm³/mol. The third-order valence-electron chi connectivity index (χ3n) is 5.39. The summed E-state index contributed by atoms with van der Waals surface area (Å²) in [5, 5.41) is 2.77. The van der Waals surface area contributed by atoms with E-state index in [9.17, 15) is 18.0 Å². The van der Waals surface area contributed by atoms with Crippen LogP contribution in [-0.4, -0.2) is 44.7 Å². The minimum atomic E-state index is -3.92. The molecule has 0 radical (unpaired) electrons. The van der Waals surface area contributed by atoms with E-state index >= 15 is 0 Å². The Morgan fingerprint density at radius 1 is 1.11 bits per heavy atom. The van der Waals surface area contributed by atoms with E-state index in [1.165, 1.54) is 15.3 Å². The Morgan fingerprint density at radius 2 is 1.86 bits per heavy atom. The second-order valence-electron chi connectivity index (χ2n) is 7.09. The number of hydrogen-bond donors (Lipinski definition) is 1. The number of fused-ring (bicyclic) bond motifs is 1. The van der Waals surface area contributed by atoms with Crippen molar-refractivity contribution in [3.8, 4) is 0 Å². The van der Waals surface area contributed by atoms with Gasteiger partial charge in [0.1, 0.15) is 6.04 Å². The third kappa shape index (κ3) is 2.89. The van der Waals surface area contributed by atoms with Crippen LogP contribution in [0.15, 0.2) is 47.4 Å². The van der Waals surface area contributed by atoms with Gasteiger partial charge in [0.2, 0.25) is 21.8 Å². The molecule has 2 aliphatic rings. The maximum Gasteiger partial charge on any atom is 0.244 e. The number of nitrogens with zero attached hydrogens (tertiary/aromatic N) is 2. The molecule has 7 nitrogen and oxygen atoms in total. The third-order valence-corrected chi connectivity index (χ3v) is 7.25. The minimum Gasteiger partial charge on any atom is -0.353 e. The van der Waals surface area contributed by atoms with Gasteiger partial charge in [-0.05, 0) is 41.8 Å². The molecular formula is C20H21N3O4S. The van der Waals surface area contributed by atoms with Gasteiger partial charge >= 0.3 is 0 Å². The number of likely N-dealkylation sites (N-methyl/N-ethyl adjacent to an activating group) is 1. The molecule has 1 fully saturated rings. The number of sulfonamides is 1. The van der Waals surface area contributed by atoms with Crippen molar-refractivity contribution in [2.75, 3.05) is 25.0 Å². The number of benzene rings is 2. The smallest absolute Gasteiger partial charge is 0.244 e. The van der Waals surface area contributed by atoms with Crippen molar-refractivity contribution in [3.05, 3.63) is 59.2 Å². The van der Waals surface area contributed by atoms with Gasteiger partial charge in [-0.15, -0.1) is 0 Å². The normalized spacial score (nSPS) is 20.2. The second-order valence-corrected chi connectivity index (χ2v) is 8.98. The molecule has 1 unspecified atom stereocenters. The first-order chi connectivity index (χ1) is 13.3. The Hall–Kier alpha value is -2.71. The number of amides is 2. The van der Waals surface area contributed by atoms with E-state index in [1.807, 2.05) is 19.1 Å². The average Bonchev–Trinajstić information content (AvgIpc) is 2.96. The van der Waals surface area contributed by atoms with E-state index < -0.39 is 16.1 Å². The average molecular weight is 399 g/mol. The van der Waals surface area contributed by atoms with Crippen molar-refractivity contribution in [1.29, 1.82) is 0 Å². The molecule has 146 valence electrons. The summed E-state index contributed by atoms with van der Waals surface area (Å²) in [6.45, 7) is 2.30. The number of hydrogen-bond acceptors (Lipinski definition) is 4. The van der Waals surface area contributed by atoms with Crippen LogP contribution in [0.1, 0.15) is 22.7 Å². The Kier molecular flexibility index (Phi) is 4.47. The maximum atomic E-state index is 13.4. The van der Waals surface area contributed by atoms with Crippen LogP contribution in [0.2, 0.25) is 0 Å². The fourth-order valence-corrected chi connectivity index (χ4v) is 5.46. The van der Waals surface area contributed by atoms with Crippen LogP contribution < -0.4 is 10.2 Å². The number of carbonyl (C=O) groups is 2. The monoisotopic (exact) mass is 399 g/mol. The van der Waals surface area contributed by atoms with E-state index in [2.05, 4.69) is 5.32 Å². The van der Waals surface area contributed by atoms with Gasteiger partial charge in [-0.25, -0.2) is 8.42 Å². The van der Waals surface area contributed by atoms with Gasteiger partial charge in [0.15, 0.2) is 0 Å². The summed E-state index contributed by atoms with van der Waals surface area (Å²) in [4.78, 5) is 26.2. The molecule has 2 amide bonds. The van der Waals surface area contributed by atoms with Gasteiger partial charge in [0, 0.05) is 25.8 Å². The summed E-state index contributed by atoms with van der Waals surface area (Å²) in [5.74, 6) is -0.403. The van der Waals surface area contributed by atoms with Gasteiger partial charge in [-0.1, -0.05) is 24.3 Å². The number of rotatable bonds is 3. The van der Waals surface area contributed by atoms with Gasteiger partial charge in [-0.3, -0.25) is 9.59 Å². The van der Waals surface area contributed by atoms with Crippen LogP contribution in [0, 0.1) is 6.92 Å². The number of piperazine rings is 1. The Morgan fingerprint density at radius 3 is 2.61 bits per heavy atom. The van der Waals surface area contributed by atoms with Gasteiger partial charge in [0.05, 0.1) is 11.3 Å². The maximum absolute atomic E-state index is 13.4. The molecule has 2 aromatic rings. The highest BCUT2D eigenvalue weighted by Gasteiger charge is 2.40.